The van der Waals surface area contributed by atoms with Gasteiger partial charge in [0.2, 0.25) is 0 Å². The molecular weight excluding hydrogens is 318 g/mol. The average molecular weight is 341 g/mol. The summed E-state index contributed by atoms with van der Waals surface area (Å²) in [5.41, 5.74) is 3.72. The zero-order valence-corrected chi connectivity index (χ0v) is 14.5. The highest BCUT2D eigenvalue weighted by Gasteiger charge is 2.24. The Bertz CT molecular complexity index is 755. The Balaban J connectivity index is 2.00. The quantitative estimate of drug-likeness (QED) is 0.843. The third-order valence-electron chi connectivity index (χ3n) is 4.35. The maximum Gasteiger partial charge on any atom is 0.335 e. The van der Waals surface area contributed by atoms with Crippen LogP contribution in [0.4, 0.5) is 0 Å². The van der Waals surface area contributed by atoms with Gasteiger partial charge in [0.05, 0.1) is 24.8 Å². The minimum absolute atomic E-state index is 0.0153. The number of nitrogens with one attached hydrogen (secondary N) is 1. The lowest BCUT2D eigenvalue weighted by Gasteiger charge is -2.29. The molecule has 0 saturated heterocycles. The summed E-state index contributed by atoms with van der Waals surface area (Å²) in [6.45, 7) is 5.94. The molecule has 3 rings (SSSR count). The van der Waals surface area contributed by atoms with E-state index in [9.17, 15) is 4.79 Å². The van der Waals surface area contributed by atoms with Crippen LogP contribution in [0.1, 0.15) is 46.9 Å². The Morgan fingerprint density at radius 3 is 2.36 bits per heavy atom. The van der Waals surface area contributed by atoms with Crippen LogP contribution in [0.3, 0.4) is 0 Å². The number of hydrogen-bond acceptors (Lipinski definition) is 4. The Hall–Kier alpha value is -2.53. The molecule has 0 aromatic heterocycles. The largest absolute Gasteiger partial charge is 0.490 e. The van der Waals surface area contributed by atoms with Crippen molar-refractivity contribution in [1.82, 2.24) is 5.32 Å². The average Bonchev–Trinajstić information content (AvgIpc) is 2.62. The summed E-state index contributed by atoms with van der Waals surface area (Å²) in [6.07, 6.45) is 0.922. The predicted molar refractivity (Wildman–Crippen MR) is 95.7 cm³/mol. The number of hydrogen-bond donors (Lipinski definition) is 2. The summed E-state index contributed by atoms with van der Waals surface area (Å²) in [7, 11) is 0. The molecule has 0 unspecified atom stereocenters. The lowest BCUT2D eigenvalue weighted by atomic mass is 9.89. The summed E-state index contributed by atoms with van der Waals surface area (Å²) < 4.78 is 11.5. The van der Waals surface area contributed by atoms with Crippen LogP contribution >= 0.6 is 0 Å². The summed E-state index contributed by atoms with van der Waals surface area (Å²) in [4.78, 5) is 11.1. The first kappa shape index (κ1) is 17.3. The second kappa shape index (κ2) is 7.57. The molecule has 2 aromatic carbocycles. The van der Waals surface area contributed by atoms with Gasteiger partial charge in [0, 0.05) is 6.54 Å². The second-order valence-electron chi connectivity index (χ2n) is 5.93. The van der Waals surface area contributed by atoms with Gasteiger partial charge < -0.3 is 19.9 Å². The van der Waals surface area contributed by atoms with Crippen LogP contribution in [-0.4, -0.2) is 30.8 Å². The summed E-state index contributed by atoms with van der Waals surface area (Å²) in [5, 5.41) is 12.6. The van der Waals surface area contributed by atoms with E-state index in [2.05, 4.69) is 11.4 Å². The maximum absolute atomic E-state index is 11.1. The highest BCUT2D eigenvalue weighted by atomic mass is 16.5. The molecule has 25 heavy (non-hydrogen) atoms. The molecule has 1 heterocycles. The van der Waals surface area contributed by atoms with Crippen LogP contribution in [0, 0.1) is 0 Å². The zero-order valence-electron chi connectivity index (χ0n) is 14.5. The zero-order chi connectivity index (χ0) is 17.8. The van der Waals surface area contributed by atoms with Crippen LogP contribution in [0.5, 0.6) is 11.5 Å². The highest BCUT2D eigenvalue weighted by molar-refractivity contribution is 5.87. The smallest absolute Gasteiger partial charge is 0.335 e. The fourth-order valence-corrected chi connectivity index (χ4v) is 3.22. The fraction of sp³-hybridized carbons (Fsp3) is 0.350. The molecule has 0 aliphatic carbocycles. The standard InChI is InChI=1S/C20H23NO4/c1-3-24-17-11-15-9-10-21-19(16(15)12-18(17)25-4-2)13-5-7-14(8-6-13)20(22)23/h5-8,11-12,19,21H,3-4,9-10H2,1-2H3,(H,22,23)/t19-/m0/s1. The Morgan fingerprint density at radius 2 is 1.76 bits per heavy atom. The summed E-state index contributed by atoms with van der Waals surface area (Å²) >= 11 is 0. The van der Waals surface area contributed by atoms with Gasteiger partial charge in [0.15, 0.2) is 11.5 Å². The molecule has 0 fully saturated rings. The van der Waals surface area contributed by atoms with Crippen molar-refractivity contribution in [3.63, 3.8) is 0 Å². The van der Waals surface area contributed by atoms with Crippen molar-refractivity contribution in [2.24, 2.45) is 0 Å². The van der Waals surface area contributed by atoms with Crippen molar-refractivity contribution in [3.05, 3.63) is 58.7 Å². The van der Waals surface area contributed by atoms with Gasteiger partial charge in [0.1, 0.15) is 0 Å². The highest BCUT2D eigenvalue weighted by Crippen LogP contribution is 2.37. The number of fused-ring (bicyclic) bond motifs is 1. The Morgan fingerprint density at radius 1 is 1.12 bits per heavy atom. The molecule has 0 saturated carbocycles. The molecular formula is C20H23NO4. The number of benzene rings is 2. The minimum Gasteiger partial charge on any atom is -0.490 e. The van der Waals surface area contributed by atoms with E-state index in [1.807, 2.05) is 32.0 Å². The molecule has 0 bridgehead atoms. The van der Waals surface area contributed by atoms with Crippen molar-refractivity contribution < 1.29 is 19.4 Å². The van der Waals surface area contributed by atoms with E-state index in [1.54, 1.807) is 12.1 Å². The number of ether oxygens (including phenoxy) is 2. The molecule has 132 valence electrons. The van der Waals surface area contributed by atoms with E-state index in [1.165, 1.54) is 5.56 Å². The first-order valence-electron chi connectivity index (χ1n) is 8.63. The van der Waals surface area contributed by atoms with Gasteiger partial charge in [-0.1, -0.05) is 12.1 Å². The maximum atomic E-state index is 11.1. The lowest BCUT2D eigenvalue weighted by Crippen LogP contribution is -2.30. The molecule has 1 aliphatic rings. The van der Waals surface area contributed by atoms with Crippen LogP contribution in [0.15, 0.2) is 36.4 Å². The third kappa shape index (κ3) is 3.61. The molecule has 0 radical (unpaired) electrons. The van der Waals surface area contributed by atoms with Gasteiger partial charge in [-0.2, -0.15) is 0 Å². The van der Waals surface area contributed by atoms with E-state index >= 15 is 0 Å². The molecule has 5 nitrogen and oxygen atoms in total. The molecule has 0 spiro atoms. The monoisotopic (exact) mass is 341 g/mol. The van der Waals surface area contributed by atoms with Gasteiger partial charge in [-0.3, -0.25) is 0 Å². The van der Waals surface area contributed by atoms with E-state index in [-0.39, 0.29) is 6.04 Å². The van der Waals surface area contributed by atoms with Crippen molar-refractivity contribution in [2.45, 2.75) is 26.3 Å². The van der Waals surface area contributed by atoms with Crippen LogP contribution in [0.2, 0.25) is 0 Å². The number of carboxylic acids is 1. The van der Waals surface area contributed by atoms with Gasteiger partial charge in [-0.25, -0.2) is 4.79 Å². The van der Waals surface area contributed by atoms with Crippen molar-refractivity contribution >= 4 is 5.97 Å². The van der Waals surface area contributed by atoms with Crippen LogP contribution in [0.25, 0.3) is 0 Å². The van der Waals surface area contributed by atoms with Crippen molar-refractivity contribution in [1.29, 1.82) is 0 Å². The third-order valence-corrected chi connectivity index (χ3v) is 4.35. The van der Waals surface area contributed by atoms with Gasteiger partial charge in [-0.05, 0) is 61.2 Å². The number of aromatic carboxylic acids is 1. The lowest BCUT2D eigenvalue weighted by molar-refractivity contribution is 0.0697. The van der Waals surface area contributed by atoms with Crippen molar-refractivity contribution in [2.75, 3.05) is 19.8 Å². The van der Waals surface area contributed by atoms with E-state index in [0.29, 0.717) is 18.8 Å². The molecule has 2 aromatic rings. The number of carboxylic acid groups (broad SMARTS) is 1. The van der Waals surface area contributed by atoms with E-state index in [4.69, 9.17) is 14.6 Å². The fourth-order valence-electron chi connectivity index (χ4n) is 3.22. The van der Waals surface area contributed by atoms with Crippen LogP contribution < -0.4 is 14.8 Å². The molecule has 5 heteroatoms. The number of rotatable bonds is 6. The molecule has 2 N–H and O–H groups in total. The minimum atomic E-state index is -0.913. The molecule has 0 amide bonds. The molecule has 1 aliphatic heterocycles. The van der Waals surface area contributed by atoms with E-state index < -0.39 is 5.97 Å². The topological polar surface area (TPSA) is 67.8 Å². The first-order valence-corrected chi connectivity index (χ1v) is 8.63. The Labute approximate surface area is 147 Å². The normalized spacial score (nSPS) is 16.2. The Kier molecular flexibility index (Phi) is 5.24. The molecule has 1 atom stereocenters. The van der Waals surface area contributed by atoms with Gasteiger partial charge in [-0.15, -0.1) is 0 Å². The summed E-state index contributed by atoms with van der Waals surface area (Å²) in [6, 6.07) is 11.2. The summed E-state index contributed by atoms with van der Waals surface area (Å²) in [5.74, 6) is 0.618. The van der Waals surface area contributed by atoms with Gasteiger partial charge >= 0.3 is 5.97 Å². The predicted octanol–water partition coefficient (Wildman–Crippen LogP) is 3.42. The number of carbonyl (C=O) groups is 1. The van der Waals surface area contributed by atoms with Crippen LogP contribution in [-0.2, 0) is 6.42 Å². The van der Waals surface area contributed by atoms with E-state index in [0.717, 1.165) is 35.6 Å². The SMILES string of the molecule is CCOc1cc2c(cc1OCC)[C@H](c1ccc(C(=O)O)cc1)NCC2. The second-order valence-corrected chi connectivity index (χ2v) is 5.93. The van der Waals surface area contributed by atoms with Crippen molar-refractivity contribution in [3.8, 4) is 11.5 Å². The van der Waals surface area contributed by atoms with Gasteiger partial charge in [0.25, 0.3) is 0 Å². The first-order chi connectivity index (χ1) is 12.1.